The van der Waals surface area contributed by atoms with Crippen LogP contribution in [0, 0.1) is 0 Å². The molecule has 0 aliphatic heterocycles. The molecule has 138 valence electrons. The van der Waals surface area contributed by atoms with Gasteiger partial charge in [-0.3, -0.25) is 20.4 Å². The van der Waals surface area contributed by atoms with Gasteiger partial charge in [0.2, 0.25) is 11.7 Å². The standard InChI is InChI=1S/C16H23N3O5S/c1-5-6-7-13(20)17-16(25)19-18-15(21)10-8-11(22-2)14(24-4)12(9-10)23-3/h8-9H,5-7H2,1-4H3,(H,18,21)(H2,17,19,20,25). The van der Waals surface area contributed by atoms with Crippen molar-refractivity contribution in [2.75, 3.05) is 21.3 Å². The van der Waals surface area contributed by atoms with E-state index >= 15 is 0 Å². The Morgan fingerprint density at radius 1 is 1.04 bits per heavy atom. The maximum Gasteiger partial charge on any atom is 0.269 e. The molecule has 9 heteroatoms. The van der Waals surface area contributed by atoms with Gasteiger partial charge >= 0.3 is 0 Å². The lowest BCUT2D eigenvalue weighted by atomic mass is 10.1. The molecule has 0 radical (unpaired) electrons. The molecule has 0 saturated carbocycles. The van der Waals surface area contributed by atoms with Crippen molar-refractivity contribution in [3.63, 3.8) is 0 Å². The molecule has 0 spiro atoms. The fourth-order valence-electron chi connectivity index (χ4n) is 1.96. The fourth-order valence-corrected chi connectivity index (χ4v) is 2.12. The number of methoxy groups -OCH3 is 3. The summed E-state index contributed by atoms with van der Waals surface area (Å²) in [6.45, 7) is 1.99. The zero-order valence-corrected chi connectivity index (χ0v) is 15.5. The Bertz CT molecular complexity index is 611. The highest BCUT2D eigenvalue weighted by atomic mass is 32.1. The van der Waals surface area contributed by atoms with Crippen molar-refractivity contribution in [3.8, 4) is 17.2 Å². The van der Waals surface area contributed by atoms with Crippen LogP contribution in [0.4, 0.5) is 0 Å². The second kappa shape index (κ2) is 10.3. The van der Waals surface area contributed by atoms with Gasteiger partial charge in [0.1, 0.15) is 0 Å². The lowest BCUT2D eigenvalue weighted by molar-refractivity contribution is -0.119. The molecule has 0 aliphatic carbocycles. The van der Waals surface area contributed by atoms with Gasteiger partial charge in [-0.25, -0.2) is 0 Å². The van der Waals surface area contributed by atoms with Crippen LogP contribution in [0.2, 0.25) is 0 Å². The topological polar surface area (TPSA) is 97.9 Å². The van der Waals surface area contributed by atoms with Gasteiger partial charge < -0.3 is 19.5 Å². The van der Waals surface area contributed by atoms with Crippen molar-refractivity contribution < 1.29 is 23.8 Å². The van der Waals surface area contributed by atoms with Gasteiger partial charge in [-0.2, -0.15) is 0 Å². The van der Waals surface area contributed by atoms with Crippen LogP contribution in [-0.4, -0.2) is 38.3 Å². The van der Waals surface area contributed by atoms with Crippen molar-refractivity contribution in [1.29, 1.82) is 0 Å². The largest absolute Gasteiger partial charge is 0.493 e. The summed E-state index contributed by atoms with van der Waals surface area (Å²) in [5, 5.41) is 2.50. The maximum atomic E-state index is 12.2. The summed E-state index contributed by atoms with van der Waals surface area (Å²) in [6.07, 6.45) is 2.05. The number of carbonyl (C=O) groups excluding carboxylic acids is 2. The molecule has 25 heavy (non-hydrogen) atoms. The first-order valence-corrected chi connectivity index (χ1v) is 8.07. The molecular formula is C16H23N3O5S. The first-order chi connectivity index (χ1) is 12.0. The van der Waals surface area contributed by atoms with Crippen LogP contribution in [-0.2, 0) is 4.79 Å². The van der Waals surface area contributed by atoms with E-state index in [1.807, 2.05) is 6.92 Å². The maximum absolute atomic E-state index is 12.2. The molecule has 0 saturated heterocycles. The molecule has 0 fully saturated rings. The summed E-state index contributed by atoms with van der Waals surface area (Å²) in [7, 11) is 4.39. The molecule has 0 aromatic heterocycles. The Kier molecular flexibility index (Phi) is 8.48. The number of nitrogens with one attached hydrogen (secondary N) is 3. The molecule has 0 aliphatic rings. The lowest BCUT2D eigenvalue weighted by Crippen LogP contribution is -2.48. The molecule has 2 amide bonds. The highest BCUT2D eigenvalue weighted by Gasteiger charge is 2.17. The third kappa shape index (κ3) is 6.11. The van der Waals surface area contributed by atoms with Crippen molar-refractivity contribution in [2.45, 2.75) is 26.2 Å². The smallest absolute Gasteiger partial charge is 0.269 e. The Hall–Kier alpha value is -2.55. The number of unbranched alkanes of at least 4 members (excludes halogenated alkanes) is 1. The van der Waals surface area contributed by atoms with Crippen LogP contribution in [0.15, 0.2) is 12.1 Å². The van der Waals surface area contributed by atoms with E-state index in [2.05, 4.69) is 16.2 Å². The van der Waals surface area contributed by atoms with Crippen molar-refractivity contribution in [1.82, 2.24) is 16.2 Å². The van der Waals surface area contributed by atoms with Gasteiger partial charge in [0, 0.05) is 12.0 Å². The zero-order valence-electron chi connectivity index (χ0n) is 14.7. The number of ether oxygens (including phenoxy) is 3. The average molecular weight is 369 g/mol. The number of benzene rings is 1. The Morgan fingerprint density at radius 2 is 1.64 bits per heavy atom. The van der Waals surface area contributed by atoms with Gasteiger partial charge in [-0.1, -0.05) is 13.3 Å². The molecule has 1 rings (SSSR count). The third-order valence-corrected chi connectivity index (χ3v) is 3.43. The monoisotopic (exact) mass is 369 g/mol. The fraction of sp³-hybridized carbons (Fsp3) is 0.438. The van der Waals surface area contributed by atoms with Crippen LogP contribution in [0.1, 0.15) is 36.5 Å². The van der Waals surface area contributed by atoms with Gasteiger partial charge in [-0.15, -0.1) is 0 Å². The number of rotatable bonds is 7. The van der Waals surface area contributed by atoms with E-state index in [0.717, 1.165) is 12.8 Å². The summed E-state index contributed by atoms with van der Waals surface area (Å²) in [4.78, 5) is 23.8. The van der Waals surface area contributed by atoms with Crippen LogP contribution < -0.4 is 30.4 Å². The number of carbonyl (C=O) groups is 2. The van der Waals surface area contributed by atoms with Gasteiger partial charge in [0.25, 0.3) is 5.91 Å². The first kappa shape index (κ1) is 20.5. The predicted molar refractivity (Wildman–Crippen MR) is 97.0 cm³/mol. The molecule has 3 N–H and O–H groups in total. The quantitative estimate of drug-likeness (QED) is 0.495. The summed E-state index contributed by atoms with van der Waals surface area (Å²) >= 11 is 4.96. The summed E-state index contributed by atoms with van der Waals surface area (Å²) in [5.41, 5.74) is 5.15. The normalized spacial score (nSPS) is 9.76. The van der Waals surface area contributed by atoms with E-state index < -0.39 is 5.91 Å². The van der Waals surface area contributed by atoms with E-state index in [4.69, 9.17) is 26.4 Å². The van der Waals surface area contributed by atoms with E-state index in [-0.39, 0.29) is 16.6 Å². The van der Waals surface area contributed by atoms with E-state index in [1.54, 1.807) is 0 Å². The van der Waals surface area contributed by atoms with E-state index in [1.165, 1.54) is 33.5 Å². The second-order valence-electron chi connectivity index (χ2n) is 4.97. The molecule has 0 bridgehead atoms. The van der Waals surface area contributed by atoms with Gasteiger partial charge in [-0.05, 0) is 30.8 Å². The Labute approximate surface area is 152 Å². The Morgan fingerprint density at radius 3 is 2.12 bits per heavy atom. The number of amides is 2. The molecule has 8 nitrogen and oxygen atoms in total. The number of hydrogen-bond donors (Lipinski definition) is 3. The summed E-state index contributed by atoms with van der Waals surface area (Å²) in [5.74, 6) is 0.393. The van der Waals surface area contributed by atoms with Gasteiger partial charge in [0.15, 0.2) is 16.6 Å². The minimum atomic E-state index is -0.482. The SMILES string of the molecule is CCCCC(=O)NC(=S)NNC(=O)c1cc(OC)c(OC)c(OC)c1. The van der Waals surface area contributed by atoms with Crippen LogP contribution >= 0.6 is 12.2 Å². The highest BCUT2D eigenvalue weighted by Crippen LogP contribution is 2.38. The minimum Gasteiger partial charge on any atom is -0.493 e. The molecule has 0 heterocycles. The highest BCUT2D eigenvalue weighted by molar-refractivity contribution is 7.80. The zero-order chi connectivity index (χ0) is 18.8. The second-order valence-corrected chi connectivity index (χ2v) is 5.38. The average Bonchev–Trinajstić information content (AvgIpc) is 2.62. The van der Waals surface area contributed by atoms with Crippen LogP contribution in [0.25, 0.3) is 0 Å². The number of hydrogen-bond acceptors (Lipinski definition) is 6. The van der Waals surface area contributed by atoms with Crippen molar-refractivity contribution >= 4 is 29.1 Å². The molecule has 1 aromatic carbocycles. The van der Waals surface area contributed by atoms with Gasteiger partial charge in [0.05, 0.1) is 21.3 Å². The predicted octanol–water partition coefficient (Wildman–Crippen LogP) is 1.54. The molecule has 0 atom stereocenters. The molecule has 1 aromatic rings. The van der Waals surface area contributed by atoms with E-state index in [9.17, 15) is 9.59 Å². The lowest BCUT2D eigenvalue weighted by Gasteiger charge is -2.15. The molecular weight excluding hydrogens is 346 g/mol. The number of thiocarbonyl (C=S) groups is 1. The van der Waals surface area contributed by atoms with Crippen molar-refractivity contribution in [2.24, 2.45) is 0 Å². The Balaban J connectivity index is 2.71. The summed E-state index contributed by atoms with van der Waals surface area (Å²) in [6, 6.07) is 3.00. The third-order valence-electron chi connectivity index (χ3n) is 3.23. The summed E-state index contributed by atoms with van der Waals surface area (Å²) < 4.78 is 15.6. The van der Waals surface area contributed by atoms with Crippen LogP contribution in [0.3, 0.4) is 0 Å². The van der Waals surface area contributed by atoms with E-state index in [0.29, 0.717) is 23.7 Å². The van der Waals surface area contributed by atoms with Crippen molar-refractivity contribution in [3.05, 3.63) is 17.7 Å². The minimum absolute atomic E-state index is 0.0156. The molecule has 0 unspecified atom stereocenters. The number of hydrazine groups is 1. The van der Waals surface area contributed by atoms with Crippen LogP contribution in [0.5, 0.6) is 17.2 Å². The first-order valence-electron chi connectivity index (χ1n) is 7.66.